The zero-order valence-corrected chi connectivity index (χ0v) is 14.8. The maximum Gasteiger partial charge on any atom is 0.321 e. The third-order valence-corrected chi connectivity index (χ3v) is 5.33. The van der Waals surface area contributed by atoms with E-state index in [1.807, 2.05) is 23.1 Å². The van der Waals surface area contributed by atoms with Crippen LogP contribution in [0.4, 0.5) is 10.5 Å². The topological polar surface area (TPSA) is 35.6 Å². The highest BCUT2D eigenvalue weighted by Gasteiger charge is 2.21. The normalized spacial score (nSPS) is 15.7. The molecule has 1 aliphatic heterocycles. The monoisotopic (exact) mass is 369 g/mol. The van der Waals surface area contributed by atoms with Gasteiger partial charge in [-0.3, -0.25) is 4.90 Å². The molecule has 0 radical (unpaired) electrons. The average Bonchev–Trinajstić information content (AvgIpc) is 2.95. The number of anilines is 1. The lowest BCUT2D eigenvalue weighted by Gasteiger charge is -2.34. The molecule has 0 saturated carbocycles. The second-order valence-corrected chi connectivity index (χ2v) is 7.59. The summed E-state index contributed by atoms with van der Waals surface area (Å²) in [5, 5.41) is 3.42. The van der Waals surface area contributed by atoms with E-state index in [0.717, 1.165) is 24.0 Å². The van der Waals surface area contributed by atoms with Gasteiger partial charge in [0.15, 0.2) is 0 Å². The van der Waals surface area contributed by atoms with Crippen LogP contribution in [0.5, 0.6) is 0 Å². The predicted octanol–water partition coefficient (Wildman–Crippen LogP) is 4.40. The molecule has 0 atom stereocenters. The van der Waals surface area contributed by atoms with Crippen molar-refractivity contribution in [2.45, 2.75) is 6.54 Å². The van der Waals surface area contributed by atoms with Crippen LogP contribution in [0.25, 0.3) is 0 Å². The van der Waals surface area contributed by atoms with Crippen LogP contribution in [0.1, 0.15) is 4.88 Å². The van der Waals surface area contributed by atoms with E-state index in [2.05, 4.69) is 16.3 Å². The second kappa shape index (κ2) is 7.53. The smallest absolute Gasteiger partial charge is 0.321 e. The number of hydrogen-bond donors (Lipinski definition) is 1. The summed E-state index contributed by atoms with van der Waals surface area (Å²) in [5.74, 6) is 0. The highest BCUT2D eigenvalue weighted by Crippen LogP contribution is 2.23. The van der Waals surface area contributed by atoms with E-state index in [-0.39, 0.29) is 6.03 Å². The van der Waals surface area contributed by atoms with E-state index in [1.165, 1.54) is 4.88 Å². The van der Waals surface area contributed by atoms with E-state index in [9.17, 15) is 4.79 Å². The summed E-state index contributed by atoms with van der Waals surface area (Å²) in [5.41, 5.74) is 0.648. The molecule has 0 unspecified atom stereocenters. The zero-order chi connectivity index (χ0) is 16.2. The van der Waals surface area contributed by atoms with Crippen LogP contribution in [-0.2, 0) is 6.54 Å². The van der Waals surface area contributed by atoms with E-state index < -0.39 is 0 Å². The third kappa shape index (κ3) is 4.38. The number of amides is 2. The number of urea groups is 1. The Bertz CT molecular complexity index is 683. The van der Waals surface area contributed by atoms with E-state index in [4.69, 9.17) is 23.2 Å². The summed E-state index contributed by atoms with van der Waals surface area (Å²) >= 11 is 13.6. The molecule has 23 heavy (non-hydrogen) atoms. The molecule has 7 heteroatoms. The number of nitrogens with one attached hydrogen (secondary N) is 1. The Kier molecular flexibility index (Phi) is 5.43. The van der Waals surface area contributed by atoms with Gasteiger partial charge in [0.2, 0.25) is 0 Å². The molecule has 2 aromatic rings. The Morgan fingerprint density at radius 2 is 1.83 bits per heavy atom. The quantitative estimate of drug-likeness (QED) is 0.869. The first-order valence-electron chi connectivity index (χ1n) is 7.39. The van der Waals surface area contributed by atoms with Crippen molar-refractivity contribution >= 4 is 46.3 Å². The van der Waals surface area contributed by atoms with Gasteiger partial charge < -0.3 is 10.2 Å². The minimum atomic E-state index is -0.100. The number of nitrogens with zero attached hydrogens (tertiary/aromatic N) is 2. The Morgan fingerprint density at radius 1 is 1.09 bits per heavy atom. The number of benzene rings is 1. The number of carbonyl (C=O) groups is 1. The number of thiophene rings is 1. The molecule has 3 rings (SSSR count). The minimum absolute atomic E-state index is 0.100. The molecule has 1 fully saturated rings. The standard InChI is InChI=1S/C16H17Cl2N3OS/c17-13-3-1-2-4-14(13)19-16(22)21-9-7-20(8-10-21)11-12-5-6-15(18)23-12/h1-6H,7-11H2,(H,19,22). The molecule has 1 N–H and O–H groups in total. The van der Waals surface area contributed by atoms with Crippen molar-refractivity contribution in [3.05, 3.63) is 50.6 Å². The number of hydrogen-bond acceptors (Lipinski definition) is 3. The molecule has 2 amide bonds. The molecular formula is C16H17Cl2N3OS. The van der Waals surface area contributed by atoms with Gasteiger partial charge in [0, 0.05) is 37.6 Å². The van der Waals surface area contributed by atoms with Gasteiger partial charge in [0.25, 0.3) is 0 Å². The summed E-state index contributed by atoms with van der Waals surface area (Å²) in [7, 11) is 0. The van der Waals surface area contributed by atoms with Gasteiger partial charge in [-0.1, -0.05) is 35.3 Å². The molecule has 2 heterocycles. The Labute approximate surface area is 149 Å². The molecule has 1 aromatic heterocycles. The fourth-order valence-corrected chi connectivity index (χ4v) is 3.84. The first kappa shape index (κ1) is 16.6. The van der Waals surface area contributed by atoms with Gasteiger partial charge in [-0.25, -0.2) is 4.79 Å². The number of para-hydroxylation sites is 1. The van der Waals surface area contributed by atoms with Crippen LogP contribution < -0.4 is 5.32 Å². The first-order valence-corrected chi connectivity index (χ1v) is 8.96. The van der Waals surface area contributed by atoms with Crippen LogP contribution in [0.15, 0.2) is 36.4 Å². The molecule has 122 valence electrons. The van der Waals surface area contributed by atoms with Gasteiger partial charge in [-0.2, -0.15) is 0 Å². The lowest BCUT2D eigenvalue weighted by atomic mass is 10.3. The van der Waals surface area contributed by atoms with Crippen LogP contribution in [-0.4, -0.2) is 42.0 Å². The second-order valence-electron chi connectivity index (χ2n) is 5.38. The van der Waals surface area contributed by atoms with Crippen molar-refractivity contribution in [3.63, 3.8) is 0 Å². The first-order chi connectivity index (χ1) is 11.1. The fraction of sp³-hybridized carbons (Fsp3) is 0.312. The maximum absolute atomic E-state index is 12.3. The van der Waals surface area contributed by atoms with E-state index in [1.54, 1.807) is 23.5 Å². The summed E-state index contributed by atoms with van der Waals surface area (Å²) in [6.07, 6.45) is 0. The molecule has 1 aromatic carbocycles. The maximum atomic E-state index is 12.3. The van der Waals surface area contributed by atoms with Gasteiger partial charge in [0.1, 0.15) is 0 Å². The van der Waals surface area contributed by atoms with Crippen molar-refractivity contribution in [1.29, 1.82) is 0 Å². The van der Waals surface area contributed by atoms with E-state index in [0.29, 0.717) is 23.8 Å². The fourth-order valence-electron chi connectivity index (χ4n) is 2.52. The van der Waals surface area contributed by atoms with Gasteiger partial charge >= 0.3 is 6.03 Å². The average molecular weight is 370 g/mol. The molecule has 0 aliphatic carbocycles. The number of carbonyl (C=O) groups excluding carboxylic acids is 1. The highest BCUT2D eigenvalue weighted by atomic mass is 35.5. The number of halogens is 2. The van der Waals surface area contributed by atoms with Crippen molar-refractivity contribution in [1.82, 2.24) is 9.80 Å². The molecule has 0 spiro atoms. The largest absolute Gasteiger partial charge is 0.322 e. The summed E-state index contributed by atoms with van der Waals surface area (Å²) in [6, 6.07) is 11.1. The number of rotatable bonds is 3. The molecule has 1 aliphatic rings. The predicted molar refractivity (Wildman–Crippen MR) is 96.6 cm³/mol. The molecule has 1 saturated heterocycles. The summed E-state index contributed by atoms with van der Waals surface area (Å²) in [4.78, 5) is 17.7. The molecule has 4 nitrogen and oxygen atoms in total. The SMILES string of the molecule is O=C(Nc1ccccc1Cl)N1CCN(Cc2ccc(Cl)s2)CC1. The molecule has 0 bridgehead atoms. The Morgan fingerprint density at radius 3 is 2.48 bits per heavy atom. The van der Waals surface area contributed by atoms with Gasteiger partial charge in [-0.05, 0) is 24.3 Å². The zero-order valence-electron chi connectivity index (χ0n) is 12.5. The highest BCUT2D eigenvalue weighted by molar-refractivity contribution is 7.16. The Balaban J connectivity index is 1.50. The molecular weight excluding hydrogens is 353 g/mol. The number of piperazine rings is 1. The summed E-state index contributed by atoms with van der Waals surface area (Å²) < 4.78 is 0.817. The lowest BCUT2D eigenvalue weighted by Crippen LogP contribution is -2.49. The van der Waals surface area contributed by atoms with Gasteiger partial charge in [-0.15, -0.1) is 11.3 Å². The van der Waals surface area contributed by atoms with E-state index >= 15 is 0 Å². The van der Waals surface area contributed by atoms with Crippen LogP contribution in [0.2, 0.25) is 9.36 Å². The van der Waals surface area contributed by atoms with Crippen molar-refractivity contribution in [2.75, 3.05) is 31.5 Å². The van der Waals surface area contributed by atoms with Crippen molar-refractivity contribution in [2.24, 2.45) is 0 Å². The van der Waals surface area contributed by atoms with Crippen LogP contribution >= 0.6 is 34.5 Å². The van der Waals surface area contributed by atoms with Crippen LogP contribution in [0, 0.1) is 0 Å². The Hall–Kier alpha value is -1.27. The minimum Gasteiger partial charge on any atom is -0.322 e. The third-order valence-electron chi connectivity index (χ3n) is 3.78. The van der Waals surface area contributed by atoms with Crippen LogP contribution in [0.3, 0.4) is 0 Å². The van der Waals surface area contributed by atoms with Crippen molar-refractivity contribution in [3.8, 4) is 0 Å². The summed E-state index contributed by atoms with van der Waals surface area (Å²) in [6.45, 7) is 4.00. The van der Waals surface area contributed by atoms with Crippen molar-refractivity contribution < 1.29 is 4.79 Å². The lowest BCUT2D eigenvalue weighted by molar-refractivity contribution is 0.143. The van der Waals surface area contributed by atoms with Gasteiger partial charge in [0.05, 0.1) is 15.0 Å².